The normalized spacial score (nSPS) is 12.6. The number of allylic oxidation sites excluding steroid dienone is 1. The Morgan fingerprint density at radius 3 is 2.20 bits per heavy atom. The van der Waals surface area contributed by atoms with E-state index in [0.717, 1.165) is 12.8 Å². The number of amides is 1. The van der Waals surface area contributed by atoms with E-state index in [-0.39, 0.29) is 0 Å². The van der Waals surface area contributed by atoms with E-state index in [2.05, 4.69) is 0 Å². The number of primary amides is 1. The number of hydrogen-bond acceptors (Lipinski definition) is 2. The first-order valence-corrected chi connectivity index (χ1v) is 3.34. The summed E-state index contributed by atoms with van der Waals surface area (Å²) >= 11 is 0. The summed E-state index contributed by atoms with van der Waals surface area (Å²) in [5, 5.41) is 0. The largest absolute Gasteiger partial charge is 0.402 e. The molecule has 0 rings (SSSR count). The van der Waals surface area contributed by atoms with E-state index >= 15 is 0 Å². The molecule has 0 spiro atoms. The smallest absolute Gasteiger partial charge is 0.246 e. The number of hydrogen-bond donors (Lipinski definition) is 2. The summed E-state index contributed by atoms with van der Waals surface area (Å²) in [6, 6.07) is 0. The maximum Gasteiger partial charge on any atom is 0.246 e. The molecular weight excluding hydrogens is 128 g/mol. The summed E-state index contributed by atoms with van der Waals surface area (Å²) in [6.45, 7) is 3.65. The highest BCUT2D eigenvalue weighted by molar-refractivity contribution is 5.91. The Kier molecular flexibility index (Phi) is 3.54. The topological polar surface area (TPSA) is 69.1 Å². The Hall–Kier alpha value is -0.990. The van der Waals surface area contributed by atoms with Gasteiger partial charge in [-0.05, 0) is 13.3 Å². The van der Waals surface area contributed by atoms with Crippen molar-refractivity contribution in [2.75, 3.05) is 0 Å². The van der Waals surface area contributed by atoms with Gasteiger partial charge < -0.3 is 11.5 Å². The number of rotatable bonds is 3. The van der Waals surface area contributed by atoms with Gasteiger partial charge in [0.15, 0.2) is 0 Å². The highest BCUT2D eigenvalue weighted by Crippen LogP contribution is 2.03. The average molecular weight is 142 g/mol. The molecule has 0 atom stereocenters. The van der Waals surface area contributed by atoms with Crippen molar-refractivity contribution in [3.63, 3.8) is 0 Å². The van der Waals surface area contributed by atoms with Crippen molar-refractivity contribution in [1.82, 2.24) is 0 Å². The first-order valence-electron chi connectivity index (χ1n) is 3.34. The third kappa shape index (κ3) is 2.53. The molecule has 0 unspecified atom stereocenters. The number of nitrogens with two attached hydrogens (primary N) is 2. The molecule has 58 valence electrons. The molecule has 0 aromatic rings. The monoisotopic (exact) mass is 142 g/mol. The lowest BCUT2D eigenvalue weighted by Gasteiger charge is -2.01. The minimum atomic E-state index is -0.425. The van der Waals surface area contributed by atoms with E-state index in [4.69, 9.17) is 11.5 Å². The van der Waals surface area contributed by atoms with E-state index in [1.54, 1.807) is 6.92 Å². The quantitative estimate of drug-likeness (QED) is 0.563. The zero-order chi connectivity index (χ0) is 8.15. The average Bonchev–Trinajstić information content (AvgIpc) is 1.87. The summed E-state index contributed by atoms with van der Waals surface area (Å²) in [7, 11) is 0. The molecule has 3 nitrogen and oxygen atoms in total. The van der Waals surface area contributed by atoms with E-state index in [9.17, 15) is 4.79 Å². The van der Waals surface area contributed by atoms with Gasteiger partial charge in [-0.3, -0.25) is 4.79 Å². The third-order valence-electron chi connectivity index (χ3n) is 1.37. The Morgan fingerprint density at radius 2 is 1.90 bits per heavy atom. The van der Waals surface area contributed by atoms with Crippen LogP contribution in [0.2, 0.25) is 0 Å². The summed E-state index contributed by atoms with van der Waals surface area (Å²) in [5.41, 5.74) is 11.6. The highest BCUT2D eigenvalue weighted by atomic mass is 16.1. The van der Waals surface area contributed by atoms with Crippen LogP contribution < -0.4 is 11.5 Å². The highest BCUT2D eigenvalue weighted by Gasteiger charge is 2.01. The molecule has 0 saturated carbocycles. The zero-order valence-corrected chi connectivity index (χ0v) is 6.48. The predicted octanol–water partition coefficient (Wildman–Crippen LogP) is 0.505. The van der Waals surface area contributed by atoms with Crippen molar-refractivity contribution >= 4 is 5.91 Å². The molecule has 4 N–H and O–H groups in total. The van der Waals surface area contributed by atoms with E-state index in [0.29, 0.717) is 11.3 Å². The Morgan fingerprint density at radius 1 is 1.40 bits per heavy atom. The summed E-state index contributed by atoms with van der Waals surface area (Å²) in [4.78, 5) is 10.5. The third-order valence-corrected chi connectivity index (χ3v) is 1.37. The molecule has 3 heteroatoms. The molecule has 0 aliphatic rings. The minimum absolute atomic E-state index is 0.425. The van der Waals surface area contributed by atoms with Gasteiger partial charge in [-0.2, -0.15) is 0 Å². The van der Waals surface area contributed by atoms with Crippen molar-refractivity contribution < 1.29 is 4.79 Å². The van der Waals surface area contributed by atoms with E-state index in [1.165, 1.54) is 0 Å². The summed E-state index contributed by atoms with van der Waals surface area (Å²) in [5.74, 6) is -0.425. The standard InChI is InChI=1S/C7H14N2O/c1-3-4-6(8)5(2)7(9)10/h3-4,8H2,1-2H3,(H2,9,10)/b6-5-. The fraction of sp³-hybridized carbons (Fsp3) is 0.571. The van der Waals surface area contributed by atoms with Crippen LogP contribution in [-0.4, -0.2) is 5.91 Å². The maximum absolute atomic E-state index is 10.5. The molecule has 10 heavy (non-hydrogen) atoms. The van der Waals surface area contributed by atoms with Crippen molar-refractivity contribution in [3.8, 4) is 0 Å². The lowest BCUT2D eigenvalue weighted by molar-refractivity contribution is -0.114. The molecule has 0 bridgehead atoms. The lowest BCUT2D eigenvalue weighted by atomic mass is 10.1. The van der Waals surface area contributed by atoms with Gasteiger partial charge in [0, 0.05) is 11.3 Å². The Balaban J connectivity index is 4.19. The van der Waals surface area contributed by atoms with Gasteiger partial charge in [0.1, 0.15) is 0 Å². The van der Waals surface area contributed by atoms with E-state index in [1.807, 2.05) is 6.92 Å². The van der Waals surface area contributed by atoms with Crippen LogP contribution in [0.25, 0.3) is 0 Å². The molecule has 0 radical (unpaired) electrons. The second-order valence-corrected chi connectivity index (χ2v) is 2.26. The lowest BCUT2D eigenvalue weighted by Crippen LogP contribution is -2.16. The second-order valence-electron chi connectivity index (χ2n) is 2.26. The molecular formula is C7H14N2O. The second kappa shape index (κ2) is 3.93. The number of carbonyl (C=O) groups excluding carboxylic acids is 1. The zero-order valence-electron chi connectivity index (χ0n) is 6.48. The molecule has 0 aliphatic heterocycles. The van der Waals surface area contributed by atoms with Crippen LogP contribution in [0.1, 0.15) is 26.7 Å². The van der Waals surface area contributed by atoms with E-state index < -0.39 is 5.91 Å². The van der Waals surface area contributed by atoms with Crippen molar-refractivity contribution in [1.29, 1.82) is 0 Å². The van der Waals surface area contributed by atoms with Crippen LogP contribution in [0.3, 0.4) is 0 Å². The molecule has 0 fully saturated rings. The van der Waals surface area contributed by atoms with Gasteiger partial charge >= 0.3 is 0 Å². The van der Waals surface area contributed by atoms with Gasteiger partial charge in [0.2, 0.25) is 5.91 Å². The maximum atomic E-state index is 10.5. The van der Waals surface area contributed by atoms with Crippen LogP contribution >= 0.6 is 0 Å². The van der Waals surface area contributed by atoms with Crippen molar-refractivity contribution in [3.05, 3.63) is 11.3 Å². The first kappa shape index (κ1) is 9.01. The van der Waals surface area contributed by atoms with Gasteiger partial charge in [-0.15, -0.1) is 0 Å². The molecule has 0 aliphatic carbocycles. The number of carbonyl (C=O) groups is 1. The molecule has 1 amide bonds. The van der Waals surface area contributed by atoms with Crippen molar-refractivity contribution in [2.45, 2.75) is 26.7 Å². The van der Waals surface area contributed by atoms with Gasteiger partial charge in [-0.1, -0.05) is 13.3 Å². The van der Waals surface area contributed by atoms with Gasteiger partial charge in [-0.25, -0.2) is 0 Å². The SMILES string of the molecule is CCC/C(N)=C(\C)C(N)=O. The van der Waals surface area contributed by atoms with Gasteiger partial charge in [0.05, 0.1) is 0 Å². The van der Waals surface area contributed by atoms with Crippen LogP contribution in [-0.2, 0) is 4.79 Å². The fourth-order valence-electron chi connectivity index (χ4n) is 0.615. The first-order chi connectivity index (χ1) is 4.59. The molecule has 0 saturated heterocycles. The van der Waals surface area contributed by atoms with Crippen LogP contribution in [0.5, 0.6) is 0 Å². The predicted molar refractivity (Wildman–Crippen MR) is 41.0 cm³/mol. The van der Waals surface area contributed by atoms with Crippen LogP contribution in [0.4, 0.5) is 0 Å². The molecule has 0 aromatic heterocycles. The summed E-state index contributed by atoms with van der Waals surface area (Å²) < 4.78 is 0. The molecule has 0 heterocycles. The Labute approximate surface area is 61.1 Å². The van der Waals surface area contributed by atoms with Crippen LogP contribution in [0.15, 0.2) is 11.3 Å². The minimum Gasteiger partial charge on any atom is -0.402 e. The van der Waals surface area contributed by atoms with Crippen molar-refractivity contribution in [2.24, 2.45) is 11.5 Å². The summed E-state index contributed by atoms with van der Waals surface area (Å²) in [6.07, 6.45) is 1.69. The van der Waals surface area contributed by atoms with Gasteiger partial charge in [0.25, 0.3) is 0 Å². The fourth-order valence-corrected chi connectivity index (χ4v) is 0.615. The Bertz CT molecular complexity index is 161. The molecule has 0 aromatic carbocycles. The van der Waals surface area contributed by atoms with Crippen LogP contribution in [0, 0.1) is 0 Å².